The van der Waals surface area contributed by atoms with Gasteiger partial charge in [0.15, 0.2) is 5.96 Å². The van der Waals surface area contributed by atoms with Crippen LogP contribution in [0.25, 0.3) is 0 Å². The van der Waals surface area contributed by atoms with Crippen molar-refractivity contribution < 1.29 is 4.39 Å². The van der Waals surface area contributed by atoms with E-state index in [0.29, 0.717) is 31.2 Å². The molecule has 8 heteroatoms. The van der Waals surface area contributed by atoms with E-state index < -0.39 is 0 Å². The lowest BCUT2D eigenvalue weighted by Gasteiger charge is -2.14. The average molecular weight is 477 g/mol. The maximum Gasteiger partial charge on any atom is 0.191 e. The third-order valence-corrected chi connectivity index (χ3v) is 4.27. The topological polar surface area (TPSA) is 52.6 Å². The van der Waals surface area contributed by atoms with E-state index in [4.69, 9.17) is 0 Å². The molecule has 2 N–H and O–H groups in total. The van der Waals surface area contributed by atoms with Gasteiger partial charge in [-0.1, -0.05) is 6.07 Å². The molecule has 0 saturated heterocycles. The summed E-state index contributed by atoms with van der Waals surface area (Å²) in [6.07, 6.45) is 1.86. The number of nitrogens with one attached hydrogen (secondary N) is 2. The summed E-state index contributed by atoms with van der Waals surface area (Å²) in [6, 6.07) is 5.20. The lowest BCUT2D eigenvalue weighted by molar-refractivity contribution is 0.392. The Hall–Kier alpha value is -1.26. The zero-order valence-electron chi connectivity index (χ0n) is 15.0. The Labute approximate surface area is 169 Å². The minimum atomic E-state index is -0.172. The second-order valence-electron chi connectivity index (χ2n) is 5.81. The van der Waals surface area contributed by atoms with Crippen molar-refractivity contribution in [3.8, 4) is 0 Å². The Kier molecular flexibility index (Phi) is 9.30. The molecule has 0 aliphatic rings. The summed E-state index contributed by atoms with van der Waals surface area (Å²) < 4.78 is 13.8. The number of hydrogen-bond acceptors (Lipinski definition) is 4. The summed E-state index contributed by atoms with van der Waals surface area (Å²) in [5.74, 6) is 0.524. The maximum absolute atomic E-state index is 13.8. The van der Waals surface area contributed by atoms with Crippen LogP contribution in [0.2, 0.25) is 0 Å². The Balaban J connectivity index is 0.00000312. The van der Waals surface area contributed by atoms with Crippen LogP contribution in [0.15, 0.2) is 29.4 Å². The third kappa shape index (κ3) is 7.25. The minimum Gasteiger partial charge on any atom is -0.352 e. The number of halogens is 2. The monoisotopic (exact) mass is 477 g/mol. The molecule has 25 heavy (non-hydrogen) atoms. The molecular weight excluding hydrogens is 452 g/mol. The van der Waals surface area contributed by atoms with Crippen molar-refractivity contribution in [1.29, 1.82) is 0 Å². The molecule has 0 bridgehead atoms. The molecule has 0 aliphatic carbocycles. The fourth-order valence-electron chi connectivity index (χ4n) is 2.25. The molecule has 0 aliphatic heterocycles. The van der Waals surface area contributed by atoms with Crippen LogP contribution in [0.1, 0.15) is 21.0 Å². The molecule has 1 aromatic heterocycles. The molecule has 0 atom stereocenters. The first-order valence-corrected chi connectivity index (χ1v) is 8.57. The number of guanidine groups is 1. The molecule has 0 saturated carbocycles. The minimum absolute atomic E-state index is 0. The van der Waals surface area contributed by atoms with Crippen LogP contribution in [0.5, 0.6) is 0 Å². The molecule has 5 nitrogen and oxygen atoms in total. The van der Waals surface area contributed by atoms with Crippen molar-refractivity contribution in [2.24, 2.45) is 4.99 Å². The van der Waals surface area contributed by atoms with Gasteiger partial charge < -0.3 is 15.5 Å². The molecule has 2 rings (SSSR count). The molecule has 0 unspecified atom stereocenters. The van der Waals surface area contributed by atoms with E-state index in [9.17, 15) is 4.39 Å². The second kappa shape index (κ2) is 10.7. The van der Waals surface area contributed by atoms with Gasteiger partial charge >= 0.3 is 0 Å². The first-order chi connectivity index (χ1) is 11.5. The van der Waals surface area contributed by atoms with Gasteiger partial charge in [0, 0.05) is 36.8 Å². The Morgan fingerprint density at radius 2 is 2.00 bits per heavy atom. The Morgan fingerprint density at radius 3 is 2.60 bits per heavy atom. The molecular formula is C17H25FIN5S. The van der Waals surface area contributed by atoms with Crippen molar-refractivity contribution in [1.82, 2.24) is 20.5 Å². The first-order valence-electron chi connectivity index (χ1n) is 7.75. The van der Waals surface area contributed by atoms with Crippen molar-refractivity contribution in [2.75, 3.05) is 21.1 Å². The standard InChI is InChI=1S/C17H24FN5S.HI/c1-12-8-20-16(24-12)10-22-17(19-2)21-9-13-5-6-15(18)14(7-13)11-23(3)4;/h5-8H,9-11H2,1-4H3,(H2,19,21,22);1H. The number of hydrogen-bond donors (Lipinski definition) is 2. The second-order valence-corrected chi connectivity index (χ2v) is 7.13. The molecule has 1 heterocycles. The average Bonchev–Trinajstić information content (AvgIpc) is 2.95. The normalized spacial score (nSPS) is 11.4. The summed E-state index contributed by atoms with van der Waals surface area (Å²) in [4.78, 5) is 11.7. The van der Waals surface area contributed by atoms with Gasteiger partial charge in [0.1, 0.15) is 10.8 Å². The highest BCUT2D eigenvalue weighted by Gasteiger charge is 2.06. The van der Waals surface area contributed by atoms with Crippen molar-refractivity contribution in [3.05, 3.63) is 51.2 Å². The van der Waals surface area contributed by atoms with Gasteiger partial charge in [0.05, 0.1) is 6.54 Å². The molecule has 0 fully saturated rings. The van der Waals surface area contributed by atoms with E-state index >= 15 is 0 Å². The Bertz CT molecular complexity index is 702. The lowest BCUT2D eigenvalue weighted by Crippen LogP contribution is -2.36. The number of aryl methyl sites for hydroxylation is 1. The van der Waals surface area contributed by atoms with Crippen LogP contribution in [-0.2, 0) is 19.6 Å². The summed E-state index contributed by atoms with van der Waals surface area (Å²) in [5.41, 5.74) is 1.71. The summed E-state index contributed by atoms with van der Waals surface area (Å²) in [5, 5.41) is 7.49. The predicted molar refractivity (Wildman–Crippen MR) is 113 cm³/mol. The van der Waals surface area contributed by atoms with E-state index in [1.165, 1.54) is 10.9 Å². The molecule has 0 spiro atoms. The van der Waals surface area contributed by atoms with Gasteiger partial charge in [0.2, 0.25) is 0 Å². The fraction of sp³-hybridized carbons (Fsp3) is 0.412. The van der Waals surface area contributed by atoms with E-state index in [0.717, 1.165) is 10.6 Å². The zero-order valence-corrected chi connectivity index (χ0v) is 18.1. The quantitative estimate of drug-likeness (QED) is 0.382. The number of thiazole rings is 1. The van der Waals surface area contributed by atoms with Crippen LogP contribution < -0.4 is 10.6 Å². The van der Waals surface area contributed by atoms with E-state index in [-0.39, 0.29) is 29.8 Å². The van der Waals surface area contributed by atoms with Crippen LogP contribution in [0, 0.1) is 12.7 Å². The number of nitrogens with zero attached hydrogens (tertiary/aromatic N) is 3. The predicted octanol–water partition coefficient (Wildman–Crippen LogP) is 3.14. The molecule has 0 amide bonds. The zero-order chi connectivity index (χ0) is 17.5. The van der Waals surface area contributed by atoms with Gasteiger partial charge in [-0.3, -0.25) is 4.99 Å². The third-order valence-electron chi connectivity index (χ3n) is 3.36. The summed E-state index contributed by atoms with van der Waals surface area (Å²) in [7, 11) is 5.58. The van der Waals surface area contributed by atoms with Crippen molar-refractivity contribution in [2.45, 2.75) is 26.6 Å². The van der Waals surface area contributed by atoms with Crippen molar-refractivity contribution >= 4 is 41.3 Å². The van der Waals surface area contributed by atoms with E-state index in [1.54, 1.807) is 24.5 Å². The van der Waals surface area contributed by atoms with Gasteiger partial charge in [-0.2, -0.15) is 0 Å². The number of aliphatic imine (C=N–C) groups is 1. The molecule has 2 aromatic rings. The van der Waals surface area contributed by atoms with Gasteiger partial charge in [0.25, 0.3) is 0 Å². The van der Waals surface area contributed by atoms with Gasteiger partial charge in [-0.15, -0.1) is 35.3 Å². The highest BCUT2D eigenvalue weighted by molar-refractivity contribution is 14.0. The fourth-order valence-corrected chi connectivity index (χ4v) is 2.98. The van der Waals surface area contributed by atoms with Gasteiger partial charge in [-0.25, -0.2) is 9.37 Å². The number of benzene rings is 1. The number of aromatic nitrogens is 1. The SMILES string of the molecule is CN=C(NCc1ccc(F)c(CN(C)C)c1)NCc1ncc(C)s1.I. The van der Waals surface area contributed by atoms with E-state index in [1.807, 2.05) is 38.2 Å². The Morgan fingerprint density at radius 1 is 1.28 bits per heavy atom. The van der Waals surface area contributed by atoms with Crippen LogP contribution >= 0.6 is 35.3 Å². The summed E-state index contributed by atoms with van der Waals surface area (Å²) in [6.45, 7) is 3.83. The van der Waals surface area contributed by atoms with Crippen LogP contribution in [0.3, 0.4) is 0 Å². The molecule has 138 valence electrons. The van der Waals surface area contributed by atoms with Crippen molar-refractivity contribution in [3.63, 3.8) is 0 Å². The highest BCUT2D eigenvalue weighted by Crippen LogP contribution is 2.12. The molecule has 1 aromatic carbocycles. The van der Waals surface area contributed by atoms with Crippen LogP contribution in [0.4, 0.5) is 4.39 Å². The summed E-state index contributed by atoms with van der Waals surface area (Å²) >= 11 is 1.66. The van der Waals surface area contributed by atoms with Crippen LogP contribution in [-0.4, -0.2) is 37.0 Å². The van der Waals surface area contributed by atoms with E-state index in [2.05, 4.69) is 20.6 Å². The lowest BCUT2D eigenvalue weighted by atomic mass is 10.1. The molecule has 0 radical (unpaired) electrons. The van der Waals surface area contributed by atoms with Gasteiger partial charge in [-0.05, 0) is 38.7 Å². The first kappa shape index (κ1) is 21.8. The maximum atomic E-state index is 13.8. The largest absolute Gasteiger partial charge is 0.352 e. The highest BCUT2D eigenvalue weighted by atomic mass is 127. The number of rotatable bonds is 6. The smallest absolute Gasteiger partial charge is 0.191 e.